The van der Waals surface area contributed by atoms with Crippen LogP contribution in [0.1, 0.15) is 44.5 Å². The fourth-order valence-corrected chi connectivity index (χ4v) is 8.09. The van der Waals surface area contributed by atoms with Crippen LogP contribution < -0.4 is 0 Å². The lowest BCUT2D eigenvalue weighted by Gasteiger charge is -2.16. The lowest BCUT2D eigenvalue weighted by Crippen LogP contribution is -2.00. The van der Waals surface area contributed by atoms with Crippen LogP contribution >= 0.6 is 47.0 Å². The van der Waals surface area contributed by atoms with Crippen LogP contribution in [0.25, 0.3) is 0 Å². The fraction of sp³-hybridized carbons (Fsp3) is 0.308. The predicted molar refractivity (Wildman–Crippen MR) is 139 cm³/mol. The average Bonchev–Trinajstić information content (AvgIpc) is 2.79. The normalized spacial score (nSPS) is 17.1. The Morgan fingerprint density at radius 3 is 0.967 bits per heavy atom. The summed E-state index contributed by atoms with van der Waals surface area (Å²) in [7, 11) is 0. The number of fused-ring (bicyclic) bond motifs is 6. The molecule has 0 amide bonds. The number of rotatable bonds is 0. The van der Waals surface area contributed by atoms with Crippen LogP contribution in [-0.2, 0) is 46.0 Å². The molecule has 154 valence electrons. The van der Waals surface area contributed by atoms with Gasteiger partial charge in [-0.3, -0.25) is 0 Å². The smallest absolute Gasteiger partial charge is 0.0191 e. The summed E-state index contributed by atoms with van der Waals surface area (Å²) in [6.45, 7) is 0. The second kappa shape index (κ2) is 10.1. The maximum Gasteiger partial charge on any atom is 0.0191 e. The Balaban J connectivity index is 1.41. The predicted octanol–water partition coefficient (Wildman–Crippen LogP) is 8.05. The van der Waals surface area contributed by atoms with Crippen LogP contribution in [0, 0.1) is 0 Å². The second-order valence-corrected chi connectivity index (χ2v) is 11.9. The monoisotopic (exact) mass is 466 g/mol. The SMILES string of the molecule is c1cc2cc(c1)CSCc1cc3c(cc1CSC2)CSCc1cccc(c1)CSC3. The van der Waals surface area contributed by atoms with Crippen molar-refractivity contribution in [3.8, 4) is 0 Å². The van der Waals surface area contributed by atoms with Crippen molar-refractivity contribution >= 4 is 47.0 Å². The van der Waals surface area contributed by atoms with Gasteiger partial charge < -0.3 is 0 Å². The van der Waals surface area contributed by atoms with Gasteiger partial charge in [-0.25, -0.2) is 0 Å². The van der Waals surface area contributed by atoms with Gasteiger partial charge in [-0.15, -0.1) is 0 Å². The first-order valence-electron chi connectivity index (χ1n) is 10.4. The third-order valence-corrected chi connectivity index (χ3v) is 9.82. The molecule has 0 saturated heterocycles. The topological polar surface area (TPSA) is 0 Å². The lowest BCUT2D eigenvalue weighted by molar-refractivity contribution is 1.18. The highest BCUT2D eigenvalue weighted by Crippen LogP contribution is 2.33. The molecule has 5 rings (SSSR count). The van der Waals surface area contributed by atoms with Crippen molar-refractivity contribution in [1.82, 2.24) is 0 Å². The molecule has 0 atom stereocenters. The van der Waals surface area contributed by atoms with Gasteiger partial charge in [0.1, 0.15) is 0 Å². The lowest BCUT2D eigenvalue weighted by atomic mass is 10.0. The number of hydrogen-bond acceptors (Lipinski definition) is 4. The summed E-state index contributed by atoms with van der Waals surface area (Å²) in [6, 6.07) is 23.4. The second-order valence-electron chi connectivity index (χ2n) is 8.00. The highest BCUT2D eigenvalue weighted by atomic mass is 32.2. The highest BCUT2D eigenvalue weighted by Gasteiger charge is 2.14. The molecule has 0 radical (unpaired) electrons. The van der Waals surface area contributed by atoms with E-state index in [9.17, 15) is 0 Å². The molecule has 30 heavy (non-hydrogen) atoms. The van der Waals surface area contributed by atoms with Crippen molar-refractivity contribution in [1.29, 1.82) is 0 Å². The van der Waals surface area contributed by atoms with E-state index in [0.717, 1.165) is 46.0 Å². The van der Waals surface area contributed by atoms with Crippen molar-refractivity contribution in [2.75, 3.05) is 0 Å². The van der Waals surface area contributed by atoms with E-state index < -0.39 is 0 Å². The average molecular weight is 467 g/mol. The summed E-state index contributed by atoms with van der Waals surface area (Å²) in [6.07, 6.45) is 0. The maximum atomic E-state index is 2.55. The Labute approximate surface area is 197 Å². The van der Waals surface area contributed by atoms with Gasteiger partial charge in [-0.1, -0.05) is 60.7 Å². The molecule has 2 aliphatic rings. The minimum Gasteiger partial charge on any atom is -0.152 e. The Kier molecular flexibility index (Phi) is 7.06. The molecule has 0 unspecified atom stereocenters. The van der Waals surface area contributed by atoms with Crippen molar-refractivity contribution in [3.05, 3.63) is 105 Å². The molecule has 0 fully saturated rings. The minimum absolute atomic E-state index is 1.11. The Hall–Kier alpha value is -0.940. The first-order chi connectivity index (χ1) is 14.8. The molecule has 0 aliphatic carbocycles. The van der Waals surface area contributed by atoms with E-state index in [1.54, 1.807) is 22.3 Å². The van der Waals surface area contributed by atoms with Gasteiger partial charge in [0.2, 0.25) is 0 Å². The van der Waals surface area contributed by atoms with Crippen LogP contribution in [0.5, 0.6) is 0 Å². The molecule has 4 bridgehead atoms. The quantitative estimate of drug-likeness (QED) is 0.328. The van der Waals surface area contributed by atoms with Crippen LogP contribution in [0.3, 0.4) is 0 Å². The Bertz CT molecular complexity index is 875. The third kappa shape index (κ3) is 5.27. The summed E-state index contributed by atoms with van der Waals surface area (Å²) >= 11 is 8.25. The van der Waals surface area contributed by atoms with E-state index in [0.29, 0.717) is 0 Å². The fourth-order valence-electron chi connectivity index (χ4n) is 4.06. The van der Waals surface area contributed by atoms with E-state index in [2.05, 4.69) is 108 Å². The first-order valence-corrected chi connectivity index (χ1v) is 15.1. The van der Waals surface area contributed by atoms with Crippen molar-refractivity contribution < 1.29 is 0 Å². The van der Waals surface area contributed by atoms with Crippen LogP contribution in [0.4, 0.5) is 0 Å². The number of thioether (sulfide) groups is 4. The van der Waals surface area contributed by atoms with E-state index in [4.69, 9.17) is 0 Å². The largest absolute Gasteiger partial charge is 0.152 e. The molecule has 2 heterocycles. The van der Waals surface area contributed by atoms with E-state index in [1.807, 2.05) is 0 Å². The zero-order valence-electron chi connectivity index (χ0n) is 17.1. The van der Waals surface area contributed by atoms with Gasteiger partial charge >= 0.3 is 0 Å². The summed E-state index contributed by atoms with van der Waals surface area (Å²) in [4.78, 5) is 0. The molecule has 0 aromatic heterocycles. The maximum absolute atomic E-state index is 2.55. The van der Waals surface area contributed by atoms with Crippen molar-refractivity contribution in [2.45, 2.75) is 46.0 Å². The van der Waals surface area contributed by atoms with E-state index in [-0.39, 0.29) is 0 Å². The summed E-state index contributed by atoms with van der Waals surface area (Å²) in [5, 5.41) is 0. The molecule has 3 aromatic rings. The zero-order valence-corrected chi connectivity index (χ0v) is 20.3. The van der Waals surface area contributed by atoms with Gasteiger partial charge in [-0.05, 0) is 44.5 Å². The molecule has 0 saturated carbocycles. The molecular formula is C26H26S4. The Morgan fingerprint density at radius 2 is 0.667 bits per heavy atom. The van der Waals surface area contributed by atoms with Crippen LogP contribution in [0.15, 0.2) is 60.7 Å². The van der Waals surface area contributed by atoms with Crippen molar-refractivity contribution in [2.24, 2.45) is 0 Å². The highest BCUT2D eigenvalue weighted by molar-refractivity contribution is 7.98. The first kappa shape index (κ1) is 20.9. The third-order valence-electron chi connectivity index (χ3n) is 5.61. The summed E-state index contributed by atoms with van der Waals surface area (Å²) in [5.74, 6) is 8.89. The molecular weight excluding hydrogens is 441 g/mol. The van der Waals surface area contributed by atoms with E-state index >= 15 is 0 Å². The molecule has 0 nitrogen and oxygen atoms in total. The standard InChI is InChI=1S/C26H26S4/c1-3-19-7-20(4-1)12-28-16-24-10-26-18-30-14-22-6-2-5-21(8-22)13-29-17-25(26)9-23(24)15-27-11-19/h1-10H,11-18H2. The zero-order chi connectivity index (χ0) is 20.2. The molecule has 0 spiro atoms. The number of benzene rings is 3. The minimum atomic E-state index is 1.11. The van der Waals surface area contributed by atoms with Gasteiger partial charge in [-0.2, -0.15) is 47.0 Å². The molecule has 4 heteroatoms. The van der Waals surface area contributed by atoms with E-state index in [1.165, 1.54) is 22.3 Å². The molecule has 2 aliphatic heterocycles. The van der Waals surface area contributed by atoms with Crippen LogP contribution in [-0.4, -0.2) is 0 Å². The Morgan fingerprint density at radius 1 is 0.367 bits per heavy atom. The molecule has 0 N–H and O–H groups in total. The number of hydrogen-bond donors (Lipinski definition) is 0. The summed E-state index contributed by atoms with van der Waals surface area (Å²) < 4.78 is 0. The van der Waals surface area contributed by atoms with Gasteiger partial charge in [0.15, 0.2) is 0 Å². The summed E-state index contributed by atoms with van der Waals surface area (Å²) in [5.41, 5.74) is 12.1. The van der Waals surface area contributed by atoms with Gasteiger partial charge in [0, 0.05) is 46.0 Å². The van der Waals surface area contributed by atoms with Crippen LogP contribution in [0.2, 0.25) is 0 Å². The molecule has 3 aromatic carbocycles. The van der Waals surface area contributed by atoms with Gasteiger partial charge in [0.25, 0.3) is 0 Å². The van der Waals surface area contributed by atoms with Gasteiger partial charge in [0.05, 0.1) is 0 Å². The van der Waals surface area contributed by atoms with Crippen molar-refractivity contribution in [3.63, 3.8) is 0 Å².